The molecule has 1 aliphatic rings. The minimum atomic E-state index is -0.473. The van der Waals surface area contributed by atoms with Gasteiger partial charge in [-0.3, -0.25) is 9.59 Å². The second-order valence-corrected chi connectivity index (χ2v) is 7.05. The summed E-state index contributed by atoms with van der Waals surface area (Å²) in [5.41, 5.74) is 2.34. The molecule has 136 valence electrons. The summed E-state index contributed by atoms with van der Waals surface area (Å²) < 4.78 is 5.41. The van der Waals surface area contributed by atoms with Crippen molar-refractivity contribution < 1.29 is 14.3 Å². The molecular weight excluding hydrogens is 348 g/mol. The van der Waals surface area contributed by atoms with Crippen LogP contribution in [0, 0.1) is 6.92 Å². The molecule has 2 amide bonds. The number of thioether (sulfide) groups is 1. The zero-order chi connectivity index (χ0) is 18.5. The van der Waals surface area contributed by atoms with Gasteiger partial charge in [-0.15, -0.1) is 11.8 Å². The highest BCUT2D eigenvalue weighted by atomic mass is 32.2. The Labute approximate surface area is 157 Å². The lowest BCUT2D eigenvalue weighted by molar-refractivity contribution is -0.119. The number of carbonyl (C=O) groups is 2. The summed E-state index contributed by atoms with van der Waals surface area (Å²) >= 11 is 1.59. The number of nitrogens with one attached hydrogen (secondary N) is 1. The number of hydrogen-bond donors (Lipinski definition) is 1. The zero-order valence-electron chi connectivity index (χ0n) is 14.9. The number of carbonyl (C=O) groups excluding carboxylic acids is 2. The van der Waals surface area contributed by atoms with Gasteiger partial charge < -0.3 is 15.0 Å². The van der Waals surface area contributed by atoms with Gasteiger partial charge in [-0.05, 0) is 49.7 Å². The highest BCUT2D eigenvalue weighted by Crippen LogP contribution is 2.25. The van der Waals surface area contributed by atoms with E-state index in [2.05, 4.69) is 5.32 Å². The molecule has 26 heavy (non-hydrogen) atoms. The Bertz CT molecular complexity index is 792. The van der Waals surface area contributed by atoms with Gasteiger partial charge in [-0.2, -0.15) is 0 Å². The molecule has 3 rings (SSSR count). The van der Waals surface area contributed by atoms with Crippen LogP contribution < -0.4 is 10.1 Å². The number of benzene rings is 2. The maximum Gasteiger partial charge on any atom is 0.255 e. The molecular formula is C20H22N2O3S. The number of anilines is 1. The van der Waals surface area contributed by atoms with E-state index in [0.29, 0.717) is 23.8 Å². The molecule has 0 bridgehead atoms. The molecule has 0 aromatic heterocycles. The van der Waals surface area contributed by atoms with Crippen molar-refractivity contribution in [2.24, 2.45) is 0 Å². The molecule has 1 N–H and O–H groups in total. The monoisotopic (exact) mass is 370 g/mol. The average molecular weight is 370 g/mol. The highest BCUT2D eigenvalue weighted by molar-refractivity contribution is 7.99. The largest absolute Gasteiger partial charge is 0.494 e. The van der Waals surface area contributed by atoms with Crippen LogP contribution in [0.5, 0.6) is 5.75 Å². The quantitative estimate of drug-likeness (QED) is 0.874. The number of hydrogen-bond acceptors (Lipinski definition) is 4. The fraction of sp³-hybridized carbons (Fsp3) is 0.300. The first-order valence-electron chi connectivity index (χ1n) is 8.58. The zero-order valence-corrected chi connectivity index (χ0v) is 15.7. The molecule has 2 aromatic carbocycles. The van der Waals surface area contributed by atoms with Crippen LogP contribution in [-0.2, 0) is 4.79 Å². The number of para-hydroxylation sites is 1. The Balaban J connectivity index is 1.71. The van der Waals surface area contributed by atoms with Crippen LogP contribution in [0.25, 0.3) is 0 Å². The lowest BCUT2D eigenvalue weighted by Gasteiger charge is -2.23. The number of rotatable bonds is 5. The van der Waals surface area contributed by atoms with Crippen molar-refractivity contribution in [3.63, 3.8) is 0 Å². The Morgan fingerprint density at radius 2 is 1.92 bits per heavy atom. The maximum absolute atomic E-state index is 12.8. The van der Waals surface area contributed by atoms with Gasteiger partial charge in [0.25, 0.3) is 5.91 Å². The summed E-state index contributed by atoms with van der Waals surface area (Å²) in [4.78, 5) is 27.2. The Hall–Kier alpha value is -2.47. The lowest BCUT2D eigenvalue weighted by Crippen LogP contribution is -2.44. The van der Waals surface area contributed by atoms with Crippen molar-refractivity contribution >= 4 is 29.3 Å². The second kappa shape index (κ2) is 8.27. The molecule has 0 radical (unpaired) electrons. The molecule has 5 nitrogen and oxygen atoms in total. The van der Waals surface area contributed by atoms with E-state index >= 15 is 0 Å². The Kier molecular flexibility index (Phi) is 5.83. The lowest BCUT2D eigenvalue weighted by atomic mass is 10.1. The first kappa shape index (κ1) is 18.3. The van der Waals surface area contributed by atoms with E-state index in [0.717, 1.165) is 17.0 Å². The second-order valence-electron chi connectivity index (χ2n) is 6.05. The molecule has 1 heterocycles. The third kappa shape index (κ3) is 4.02. The van der Waals surface area contributed by atoms with Gasteiger partial charge >= 0.3 is 0 Å². The molecule has 1 unspecified atom stereocenters. The average Bonchev–Trinajstić information content (AvgIpc) is 3.14. The van der Waals surface area contributed by atoms with E-state index in [1.54, 1.807) is 40.9 Å². The SMILES string of the molecule is CCOc1ccc(C(=O)N2CSCC2C(=O)Nc2ccccc2C)cc1. The molecule has 1 fully saturated rings. The fourth-order valence-electron chi connectivity index (χ4n) is 2.82. The Morgan fingerprint density at radius 1 is 1.19 bits per heavy atom. The van der Waals surface area contributed by atoms with Crippen molar-refractivity contribution in [3.8, 4) is 5.75 Å². The summed E-state index contributed by atoms with van der Waals surface area (Å²) in [6.45, 7) is 4.44. The predicted molar refractivity (Wildman–Crippen MR) is 105 cm³/mol. The van der Waals surface area contributed by atoms with Gasteiger partial charge in [0.15, 0.2) is 0 Å². The van der Waals surface area contributed by atoms with E-state index in [1.807, 2.05) is 38.1 Å². The van der Waals surface area contributed by atoms with Gasteiger partial charge in [0.2, 0.25) is 5.91 Å². The normalized spacial score (nSPS) is 16.4. The summed E-state index contributed by atoms with van der Waals surface area (Å²) in [5.74, 6) is 1.55. The van der Waals surface area contributed by atoms with Gasteiger partial charge in [-0.1, -0.05) is 18.2 Å². The van der Waals surface area contributed by atoms with Gasteiger partial charge in [-0.25, -0.2) is 0 Å². The minimum Gasteiger partial charge on any atom is -0.494 e. The van der Waals surface area contributed by atoms with E-state index in [-0.39, 0.29) is 11.8 Å². The smallest absolute Gasteiger partial charge is 0.255 e. The maximum atomic E-state index is 12.8. The van der Waals surface area contributed by atoms with Gasteiger partial charge in [0, 0.05) is 17.0 Å². The van der Waals surface area contributed by atoms with Crippen molar-refractivity contribution in [2.75, 3.05) is 23.6 Å². The number of aryl methyl sites for hydroxylation is 1. The molecule has 0 aliphatic carbocycles. The van der Waals surface area contributed by atoms with E-state index in [1.165, 1.54) is 0 Å². The van der Waals surface area contributed by atoms with Crippen LogP contribution >= 0.6 is 11.8 Å². The number of amides is 2. The Morgan fingerprint density at radius 3 is 2.62 bits per heavy atom. The molecule has 0 spiro atoms. The molecule has 1 atom stereocenters. The van der Waals surface area contributed by atoms with Gasteiger partial charge in [0.1, 0.15) is 11.8 Å². The fourth-order valence-corrected chi connectivity index (χ4v) is 3.97. The third-order valence-electron chi connectivity index (χ3n) is 4.26. The highest BCUT2D eigenvalue weighted by Gasteiger charge is 2.35. The number of nitrogens with zero attached hydrogens (tertiary/aromatic N) is 1. The van der Waals surface area contributed by atoms with Crippen LogP contribution in [0.15, 0.2) is 48.5 Å². The summed E-state index contributed by atoms with van der Waals surface area (Å²) in [6, 6.07) is 14.2. The van der Waals surface area contributed by atoms with Crippen LogP contribution in [0.3, 0.4) is 0 Å². The van der Waals surface area contributed by atoms with Crippen molar-refractivity contribution in [3.05, 3.63) is 59.7 Å². The first-order valence-corrected chi connectivity index (χ1v) is 9.73. The minimum absolute atomic E-state index is 0.136. The van der Waals surface area contributed by atoms with Crippen LogP contribution in [-0.4, -0.2) is 41.0 Å². The summed E-state index contributed by atoms with van der Waals surface area (Å²) in [5, 5.41) is 2.95. The predicted octanol–water partition coefficient (Wildman–Crippen LogP) is 3.55. The molecule has 1 saturated heterocycles. The van der Waals surface area contributed by atoms with Crippen molar-refractivity contribution in [1.29, 1.82) is 0 Å². The van der Waals surface area contributed by atoms with Crippen molar-refractivity contribution in [2.45, 2.75) is 19.9 Å². The van der Waals surface area contributed by atoms with Crippen LogP contribution in [0.2, 0.25) is 0 Å². The van der Waals surface area contributed by atoms with Gasteiger partial charge in [0.05, 0.1) is 12.5 Å². The number of ether oxygens (including phenoxy) is 1. The van der Waals surface area contributed by atoms with Crippen LogP contribution in [0.4, 0.5) is 5.69 Å². The van der Waals surface area contributed by atoms with E-state index in [4.69, 9.17) is 4.74 Å². The van der Waals surface area contributed by atoms with E-state index in [9.17, 15) is 9.59 Å². The molecule has 6 heteroatoms. The van der Waals surface area contributed by atoms with Crippen molar-refractivity contribution in [1.82, 2.24) is 4.90 Å². The molecule has 0 saturated carbocycles. The molecule has 2 aromatic rings. The third-order valence-corrected chi connectivity index (χ3v) is 5.27. The first-order chi connectivity index (χ1) is 12.6. The molecule has 1 aliphatic heterocycles. The standard InChI is InChI=1S/C20H22N2O3S/c1-3-25-16-10-8-15(9-11-16)20(24)22-13-26-12-18(22)19(23)21-17-7-5-4-6-14(17)2/h4-11,18H,3,12-13H2,1-2H3,(H,21,23). The van der Waals surface area contributed by atoms with Crippen LogP contribution in [0.1, 0.15) is 22.8 Å². The summed E-state index contributed by atoms with van der Waals surface area (Å²) in [6.07, 6.45) is 0. The van der Waals surface area contributed by atoms with E-state index < -0.39 is 6.04 Å². The topological polar surface area (TPSA) is 58.6 Å². The summed E-state index contributed by atoms with van der Waals surface area (Å²) in [7, 11) is 0.